The second kappa shape index (κ2) is 8.18. The zero-order valence-electron chi connectivity index (χ0n) is 13.5. The van der Waals surface area contributed by atoms with Gasteiger partial charge in [-0.25, -0.2) is 4.79 Å². The molecule has 6 nitrogen and oxygen atoms in total. The number of amides is 1. The third kappa shape index (κ3) is 4.84. The van der Waals surface area contributed by atoms with Gasteiger partial charge < -0.3 is 19.9 Å². The van der Waals surface area contributed by atoms with Crippen molar-refractivity contribution >= 4 is 17.7 Å². The highest BCUT2D eigenvalue weighted by Gasteiger charge is 2.27. The molecule has 1 aromatic carbocycles. The van der Waals surface area contributed by atoms with Crippen molar-refractivity contribution in [3.63, 3.8) is 0 Å². The maximum Gasteiger partial charge on any atom is 0.404 e. The van der Waals surface area contributed by atoms with Gasteiger partial charge in [-0.05, 0) is 42.8 Å². The van der Waals surface area contributed by atoms with Gasteiger partial charge in [-0.3, -0.25) is 4.98 Å². The Morgan fingerprint density at radius 3 is 2.80 bits per heavy atom. The number of carboxylic acid groups (broad SMARTS) is 1. The predicted molar refractivity (Wildman–Crippen MR) is 94.1 cm³/mol. The van der Waals surface area contributed by atoms with E-state index in [1.54, 1.807) is 12.3 Å². The second-order valence-corrected chi connectivity index (χ2v) is 6.31. The highest BCUT2D eigenvalue weighted by molar-refractivity contribution is 6.30. The molecule has 2 aromatic rings. The van der Waals surface area contributed by atoms with Crippen molar-refractivity contribution in [3.8, 4) is 17.0 Å². The van der Waals surface area contributed by atoms with Gasteiger partial charge >= 0.3 is 6.09 Å². The largest absolute Gasteiger partial charge is 0.493 e. The monoisotopic (exact) mass is 362 g/mol. The molecule has 2 heterocycles. The van der Waals surface area contributed by atoms with E-state index in [4.69, 9.17) is 26.2 Å². The SMILES string of the molecule is O=C(O)N[C@@H]1CCOC[C@@H]1COc1ccc(-c2ccc(Cl)cn2)cc1. The first-order valence-electron chi connectivity index (χ1n) is 8.04. The zero-order valence-corrected chi connectivity index (χ0v) is 14.3. The Morgan fingerprint density at radius 2 is 2.12 bits per heavy atom. The molecule has 1 aromatic heterocycles. The molecule has 1 saturated heterocycles. The molecule has 2 N–H and O–H groups in total. The minimum absolute atomic E-state index is 0.0116. The van der Waals surface area contributed by atoms with Crippen LogP contribution in [0.15, 0.2) is 42.6 Å². The summed E-state index contributed by atoms with van der Waals surface area (Å²) in [7, 11) is 0. The number of carbonyl (C=O) groups is 1. The van der Waals surface area contributed by atoms with Crippen LogP contribution in [0.3, 0.4) is 0 Å². The summed E-state index contributed by atoms with van der Waals surface area (Å²) in [6, 6.07) is 11.1. The van der Waals surface area contributed by atoms with Gasteiger partial charge in [0.25, 0.3) is 0 Å². The predicted octanol–water partition coefficient (Wildman–Crippen LogP) is 3.45. The van der Waals surface area contributed by atoms with Crippen LogP contribution in [0.5, 0.6) is 5.75 Å². The Kier molecular flexibility index (Phi) is 5.73. The van der Waals surface area contributed by atoms with Gasteiger partial charge in [0, 0.05) is 30.3 Å². The van der Waals surface area contributed by atoms with Crippen molar-refractivity contribution in [2.75, 3.05) is 19.8 Å². The van der Waals surface area contributed by atoms with Crippen LogP contribution in [0.4, 0.5) is 4.79 Å². The summed E-state index contributed by atoms with van der Waals surface area (Å²) in [5.41, 5.74) is 1.80. The fourth-order valence-corrected chi connectivity index (χ4v) is 2.89. The fraction of sp³-hybridized carbons (Fsp3) is 0.333. The summed E-state index contributed by atoms with van der Waals surface area (Å²) in [6.07, 6.45) is 1.25. The number of aromatic nitrogens is 1. The summed E-state index contributed by atoms with van der Waals surface area (Å²) in [6.45, 7) is 1.44. The fourth-order valence-electron chi connectivity index (χ4n) is 2.78. The minimum atomic E-state index is -1.02. The van der Waals surface area contributed by atoms with Crippen LogP contribution in [0.2, 0.25) is 5.02 Å². The molecule has 2 atom stereocenters. The molecule has 1 amide bonds. The molecule has 1 aliphatic rings. The summed E-state index contributed by atoms with van der Waals surface area (Å²) in [4.78, 5) is 15.2. The maximum atomic E-state index is 10.9. The lowest BCUT2D eigenvalue weighted by molar-refractivity contribution is 0.0140. The van der Waals surface area contributed by atoms with Crippen LogP contribution < -0.4 is 10.1 Å². The Morgan fingerprint density at radius 1 is 1.32 bits per heavy atom. The van der Waals surface area contributed by atoms with Gasteiger partial charge in [-0.1, -0.05) is 11.6 Å². The smallest absolute Gasteiger partial charge is 0.404 e. The van der Waals surface area contributed by atoms with Crippen molar-refractivity contribution in [2.45, 2.75) is 12.5 Å². The minimum Gasteiger partial charge on any atom is -0.493 e. The maximum absolute atomic E-state index is 10.9. The molecule has 132 valence electrons. The first-order chi connectivity index (χ1) is 12.1. The number of nitrogens with one attached hydrogen (secondary N) is 1. The van der Waals surface area contributed by atoms with E-state index in [-0.39, 0.29) is 12.0 Å². The summed E-state index contributed by atoms with van der Waals surface area (Å²) in [5, 5.41) is 12.1. The normalized spacial score (nSPS) is 20.0. The van der Waals surface area contributed by atoms with E-state index in [9.17, 15) is 4.79 Å². The highest BCUT2D eigenvalue weighted by atomic mass is 35.5. The molecule has 0 spiro atoms. The molecule has 1 fully saturated rings. The van der Waals surface area contributed by atoms with Crippen molar-refractivity contribution < 1.29 is 19.4 Å². The van der Waals surface area contributed by atoms with Crippen LogP contribution in [0, 0.1) is 5.92 Å². The number of rotatable bonds is 5. The number of hydrogen-bond donors (Lipinski definition) is 2. The van der Waals surface area contributed by atoms with Crippen LogP contribution in [-0.4, -0.2) is 42.0 Å². The summed E-state index contributed by atoms with van der Waals surface area (Å²) >= 11 is 5.85. The first kappa shape index (κ1) is 17.5. The van der Waals surface area contributed by atoms with E-state index in [0.717, 1.165) is 17.0 Å². The van der Waals surface area contributed by atoms with Gasteiger partial charge in [-0.15, -0.1) is 0 Å². The van der Waals surface area contributed by atoms with Crippen LogP contribution in [-0.2, 0) is 4.74 Å². The molecule has 0 bridgehead atoms. The van der Waals surface area contributed by atoms with Gasteiger partial charge in [0.05, 0.1) is 23.9 Å². The number of pyridine rings is 1. The Hall–Kier alpha value is -2.31. The lowest BCUT2D eigenvalue weighted by atomic mass is 9.97. The zero-order chi connectivity index (χ0) is 17.6. The number of nitrogens with zero attached hydrogens (tertiary/aromatic N) is 1. The lowest BCUT2D eigenvalue weighted by Gasteiger charge is -2.31. The summed E-state index contributed by atoms with van der Waals surface area (Å²) in [5.74, 6) is 0.708. The Labute approximate surface area is 150 Å². The number of halogens is 1. The van der Waals surface area contributed by atoms with Gasteiger partial charge in [0.2, 0.25) is 0 Å². The standard InChI is InChI=1S/C18H19ClN2O4/c19-14-3-6-16(20-9-14)12-1-4-15(5-2-12)25-11-13-10-24-8-7-17(13)21-18(22)23/h1-6,9,13,17,21H,7-8,10-11H2,(H,22,23)/t13-,17-/m1/s1. The van der Waals surface area contributed by atoms with E-state index < -0.39 is 6.09 Å². The van der Waals surface area contributed by atoms with Gasteiger partial charge in [0.15, 0.2) is 0 Å². The van der Waals surface area contributed by atoms with Crippen molar-refractivity contribution in [1.29, 1.82) is 0 Å². The molecule has 0 radical (unpaired) electrons. The van der Waals surface area contributed by atoms with Crippen molar-refractivity contribution in [3.05, 3.63) is 47.6 Å². The lowest BCUT2D eigenvalue weighted by Crippen LogP contribution is -2.47. The summed E-state index contributed by atoms with van der Waals surface area (Å²) < 4.78 is 11.2. The first-order valence-corrected chi connectivity index (χ1v) is 8.41. The molecular formula is C18H19ClN2O4. The van der Waals surface area contributed by atoms with Gasteiger partial charge in [-0.2, -0.15) is 0 Å². The molecule has 1 aliphatic heterocycles. The molecule has 3 rings (SSSR count). The molecule has 25 heavy (non-hydrogen) atoms. The molecule has 7 heteroatoms. The van der Waals surface area contributed by atoms with E-state index in [0.29, 0.717) is 31.3 Å². The van der Waals surface area contributed by atoms with Crippen LogP contribution >= 0.6 is 11.6 Å². The van der Waals surface area contributed by atoms with E-state index in [2.05, 4.69) is 10.3 Å². The van der Waals surface area contributed by atoms with Crippen molar-refractivity contribution in [1.82, 2.24) is 10.3 Å². The highest BCUT2D eigenvalue weighted by Crippen LogP contribution is 2.23. The Balaban J connectivity index is 1.59. The number of ether oxygens (including phenoxy) is 2. The molecular weight excluding hydrogens is 344 g/mol. The van der Waals surface area contributed by atoms with E-state index in [1.165, 1.54) is 0 Å². The average molecular weight is 363 g/mol. The third-order valence-electron chi connectivity index (χ3n) is 4.12. The second-order valence-electron chi connectivity index (χ2n) is 5.88. The topological polar surface area (TPSA) is 80.7 Å². The molecule has 0 aliphatic carbocycles. The number of benzene rings is 1. The average Bonchev–Trinajstić information content (AvgIpc) is 2.62. The third-order valence-corrected chi connectivity index (χ3v) is 4.35. The van der Waals surface area contributed by atoms with Crippen LogP contribution in [0.25, 0.3) is 11.3 Å². The number of hydrogen-bond acceptors (Lipinski definition) is 4. The van der Waals surface area contributed by atoms with E-state index >= 15 is 0 Å². The van der Waals surface area contributed by atoms with Gasteiger partial charge in [0.1, 0.15) is 5.75 Å². The quantitative estimate of drug-likeness (QED) is 0.851. The van der Waals surface area contributed by atoms with E-state index in [1.807, 2.05) is 30.3 Å². The molecule has 0 unspecified atom stereocenters. The van der Waals surface area contributed by atoms with Crippen molar-refractivity contribution in [2.24, 2.45) is 5.92 Å². The molecule has 0 saturated carbocycles. The van der Waals surface area contributed by atoms with Crippen LogP contribution in [0.1, 0.15) is 6.42 Å². The Bertz CT molecular complexity index is 706.